The van der Waals surface area contributed by atoms with Gasteiger partial charge in [-0.3, -0.25) is 4.79 Å². The van der Waals surface area contributed by atoms with Crippen molar-refractivity contribution in [1.29, 1.82) is 0 Å². The van der Waals surface area contributed by atoms with Crippen LogP contribution in [0.4, 0.5) is 0 Å². The molecule has 2 rings (SSSR count). The molecule has 14 heavy (non-hydrogen) atoms. The fraction of sp³-hybridized carbons (Fsp3) is 0.625. The van der Waals surface area contributed by atoms with Crippen molar-refractivity contribution < 1.29 is 9.53 Å². The molecule has 2 heterocycles. The standard InChI is InChI=1S/C8H10BrN3O2/c1-14-7(13)5-2-3-12-6(4-5)10-8(9)11-12/h5H,2-4H2,1H3. The van der Waals surface area contributed by atoms with E-state index in [4.69, 9.17) is 4.74 Å². The molecule has 1 atom stereocenters. The van der Waals surface area contributed by atoms with Crippen LogP contribution in [0.2, 0.25) is 0 Å². The van der Waals surface area contributed by atoms with Gasteiger partial charge < -0.3 is 4.74 Å². The van der Waals surface area contributed by atoms with Crippen LogP contribution in [0.1, 0.15) is 12.2 Å². The third-order valence-electron chi connectivity index (χ3n) is 2.38. The molecule has 0 bridgehead atoms. The second-order valence-electron chi connectivity index (χ2n) is 3.23. The zero-order valence-electron chi connectivity index (χ0n) is 7.73. The first-order valence-corrected chi connectivity index (χ1v) is 5.17. The molecule has 1 unspecified atom stereocenters. The van der Waals surface area contributed by atoms with E-state index in [2.05, 4.69) is 26.0 Å². The summed E-state index contributed by atoms with van der Waals surface area (Å²) in [4.78, 5) is 15.5. The van der Waals surface area contributed by atoms with Gasteiger partial charge in [0.2, 0.25) is 4.73 Å². The topological polar surface area (TPSA) is 57.0 Å². The summed E-state index contributed by atoms with van der Waals surface area (Å²) in [5, 5.41) is 4.14. The fourth-order valence-electron chi connectivity index (χ4n) is 1.64. The summed E-state index contributed by atoms with van der Waals surface area (Å²) >= 11 is 3.21. The zero-order chi connectivity index (χ0) is 10.1. The van der Waals surface area contributed by atoms with E-state index in [1.165, 1.54) is 7.11 Å². The number of rotatable bonds is 1. The smallest absolute Gasteiger partial charge is 0.309 e. The number of aryl methyl sites for hydroxylation is 1. The third kappa shape index (κ3) is 1.66. The summed E-state index contributed by atoms with van der Waals surface area (Å²) in [6.45, 7) is 0.730. The number of carbonyl (C=O) groups excluding carboxylic acids is 1. The molecule has 5 nitrogen and oxygen atoms in total. The molecule has 1 aromatic rings. The summed E-state index contributed by atoms with van der Waals surface area (Å²) in [6, 6.07) is 0. The molecular weight excluding hydrogens is 250 g/mol. The maximum atomic E-state index is 11.3. The first-order chi connectivity index (χ1) is 6.70. The molecule has 0 aromatic carbocycles. The Morgan fingerprint density at radius 2 is 2.50 bits per heavy atom. The van der Waals surface area contributed by atoms with Crippen molar-refractivity contribution in [2.75, 3.05) is 7.11 Å². The molecule has 0 spiro atoms. The molecule has 0 amide bonds. The second kappa shape index (κ2) is 3.68. The SMILES string of the molecule is COC(=O)C1CCn2nc(Br)nc2C1. The number of carbonyl (C=O) groups is 1. The van der Waals surface area contributed by atoms with Crippen molar-refractivity contribution in [2.24, 2.45) is 5.92 Å². The lowest BCUT2D eigenvalue weighted by Gasteiger charge is -2.19. The predicted octanol–water partition coefficient (Wildman–Crippen LogP) is 0.776. The van der Waals surface area contributed by atoms with Crippen LogP contribution in [0.15, 0.2) is 4.73 Å². The Morgan fingerprint density at radius 3 is 3.21 bits per heavy atom. The monoisotopic (exact) mass is 259 g/mol. The summed E-state index contributed by atoms with van der Waals surface area (Å²) < 4.78 is 7.11. The zero-order valence-corrected chi connectivity index (χ0v) is 9.32. The fourth-order valence-corrected chi connectivity index (χ4v) is 2.04. The molecule has 0 fully saturated rings. The van der Waals surface area contributed by atoms with Crippen molar-refractivity contribution >= 4 is 21.9 Å². The lowest BCUT2D eigenvalue weighted by molar-refractivity contribution is -0.146. The molecule has 0 aliphatic carbocycles. The van der Waals surface area contributed by atoms with Crippen LogP contribution in [0, 0.1) is 5.92 Å². The van der Waals surface area contributed by atoms with Gasteiger partial charge in [-0.05, 0) is 22.4 Å². The van der Waals surface area contributed by atoms with Crippen LogP contribution in [0.25, 0.3) is 0 Å². The molecule has 0 saturated heterocycles. The van der Waals surface area contributed by atoms with E-state index in [1.54, 1.807) is 0 Å². The number of halogens is 1. The highest BCUT2D eigenvalue weighted by molar-refractivity contribution is 9.10. The van der Waals surface area contributed by atoms with Crippen LogP contribution in [0.5, 0.6) is 0 Å². The number of ether oxygens (including phenoxy) is 1. The normalized spacial score (nSPS) is 20.3. The molecule has 0 N–H and O–H groups in total. The Morgan fingerprint density at radius 1 is 1.71 bits per heavy atom. The first kappa shape index (κ1) is 9.64. The number of fused-ring (bicyclic) bond motifs is 1. The molecular formula is C8H10BrN3O2. The Bertz CT molecular complexity index is 363. The van der Waals surface area contributed by atoms with Gasteiger partial charge in [-0.15, -0.1) is 5.10 Å². The van der Waals surface area contributed by atoms with Gasteiger partial charge in [0.1, 0.15) is 5.82 Å². The van der Waals surface area contributed by atoms with Crippen molar-refractivity contribution in [3.05, 3.63) is 10.6 Å². The number of methoxy groups -OCH3 is 1. The molecule has 6 heteroatoms. The van der Waals surface area contributed by atoms with Crippen molar-refractivity contribution in [1.82, 2.24) is 14.8 Å². The Hall–Kier alpha value is -0.910. The molecule has 76 valence electrons. The summed E-state index contributed by atoms with van der Waals surface area (Å²) in [7, 11) is 1.41. The number of hydrogen-bond donors (Lipinski definition) is 0. The first-order valence-electron chi connectivity index (χ1n) is 4.37. The largest absolute Gasteiger partial charge is 0.469 e. The summed E-state index contributed by atoms with van der Waals surface area (Å²) in [5.41, 5.74) is 0. The van der Waals surface area contributed by atoms with E-state index in [0.717, 1.165) is 18.8 Å². The van der Waals surface area contributed by atoms with Gasteiger partial charge in [0, 0.05) is 13.0 Å². The summed E-state index contributed by atoms with van der Waals surface area (Å²) in [5.74, 6) is 0.623. The average molecular weight is 260 g/mol. The number of aromatic nitrogens is 3. The highest BCUT2D eigenvalue weighted by atomic mass is 79.9. The second-order valence-corrected chi connectivity index (χ2v) is 3.94. The Kier molecular flexibility index (Phi) is 2.54. The van der Waals surface area contributed by atoms with Gasteiger partial charge in [-0.1, -0.05) is 0 Å². The van der Waals surface area contributed by atoms with Gasteiger partial charge >= 0.3 is 5.97 Å². The highest BCUT2D eigenvalue weighted by Crippen LogP contribution is 2.20. The molecule has 1 aliphatic heterocycles. The van der Waals surface area contributed by atoms with Gasteiger partial charge in [0.05, 0.1) is 13.0 Å². The van der Waals surface area contributed by atoms with Crippen LogP contribution in [-0.4, -0.2) is 27.8 Å². The van der Waals surface area contributed by atoms with E-state index in [0.29, 0.717) is 11.2 Å². The van der Waals surface area contributed by atoms with Gasteiger partial charge in [0.15, 0.2) is 0 Å². The predicted molar refractivity (Wildman–Crippen MR) is 51.5 cm³/mol. The van der Waals surface area contributed by atoms with Crippen LogP contribution in [0.3, 0.4) is 0 Å². The number of hydrogen-bond acceptors (Lipinski definition) is 4. The lowest BCUT2D eigenvalue weighted by atomic mass is 9.98. The van der Waals surface area contributed by atoms with E-state index in [1.807, 2.05) is 4.68 Å². The minimum absolute atomic E-state index is 0.0661. The average Bonchev–Trinajstić information content (AvgIpc) is 2.55. The molecule has 1 aromatic heterocycles. The number of nitrogens with zero attached hydrogens (tertiary/aromatic N) is 3. The van der Waals surface area contributed by atoms with Crippen molar-refractivity contribution in [3.63, 3.8) is 0 Å². The van der Waals surface area contributed by atoms with E-state index in [-0.39, 0.29) is 11.9 Å². The Balaban J connectivity index is 2.16. The molecule has 0 saturated carbocycles. The highest BCUT2D eigenvalue weighted by Gasteiger charge is 2.27. The molecule has 0 radical (unpaired) electrons. The van der Waals surface area contributed by atoms with E-state index >= 15 is 0 Å². The third-order valence-corrected chi connectivity index (χ3v) is 2.71. The quantitative estimate of drug-likeness (QED) is 0.700. The van der Waals surface area contributed by atoms with Crippen LogP contribution in [-0.2, 0) is 22.5 Å². The summed E-state index contributed by atoms with van der Waals surface area (Å²) in [6.07, 6.45) is 1.39. The van der Waals surface area contributed by atoms with Gasteiger partial charge in [-0.25, -0.2) is 9.67 Å². The van der Waals surface area contributed by atoms with Crippen molar-refractivity contribution in [3.8, 4) is 0 Å². The lowest BCUT2D eigenvalue weighted by Crippen LogP contribution is -2.27. The van der Waals surface area contributed by atoms with Crippen LogP contribution < -0.4 is 0 Å². The maximum Gasteiger partial charge on any atom is 0.309 e. The van der Waals surface area contributed by atoms with E-state index < -0.39 is 0 Å². The van der Waals surface area contributed by atoms with Gasteiger partial charge in [-0.2, -0.15) is 0 Å². The maximum absolute atomic E-state index is 11.3. The Labute approximate surface area is 89.6 Å². The minimum Gasteiger partial charge on any atom is -0.469 e. The minimum atomic E-state index is -0.157. The van der Waals surface area contributed by atoms with Crippen molar-refractivity contribution in [2.45, 2.75) is 19.4 Å². The van der Waals surface area contributed by atoms with E-state index in [9.17, 15) is 4.79 Å². The van der Waals surface area contributed by atoms with Crippen LogP contribution >= 0.6 is 15.9 Å². The number of esters is 1. The van der Waals surface area contributed by atoms with Gasteiger partial charge in [0.25, 0.3) is 0 Å². The molecule has 1 aliphatic rings.